The lowest BCUT2D eigenvalue weighted by atomic mass is 9.75. The van der Waals surface area contributed by atoms with Crippen LogP contribution in [0.2, 0.25) is 0 Å². The van der Waals surface area contributed by atoms with Crippen molar-refractivity contribution in [1.82, 2.24) is 0 Å². The summed E-state index contributed by atoms with van der Waals surface area (Å²) in [5.41, 5.74) is 1.29. The highest BCUT2D eigenvalue weighted by Gasteiger charge is 2.33. The Morgan fingerprint density at radius 2 is 1.95 bits per heavy atom. The minimum Gasteiger partial charge on any atom is -0.462 e. The summed E-state index contributed by atoms with van der Waals surface area (Å²) >= 11 is 0. The molecule has 0 saturated heterocycles. The monoisotopic (exact) mass is 302 g/mol. The Bertz CT molecular complexity index is 452. The van der Waals surface area contributed by atoms with E-state index in [9.17, 15) is 4.79 Å². The second-order valence-electron chi connectivity index (χ2n) is 7.19. The van der Waals surface area contributed by atoms with Gasteiger partial charge in [-0.3, -0.25) is 4.79 Å². The standard InChI is InChI=1S/C20H30O2/c1-15(2)18-13-12-16(3)14-19(18)22-20(21)11-7-10-17-8-5-4-6-9-17/h4-6,8-9,15-16,18-19H,7,10-14H2,1-3H3/t16-,18+,19-/m1/s1. The molecule has 0 heterocycles. The predicted molar refractivity (Wildman–Crippen MR) is 90.6 cm³/mol. The molecule has 0 unspecified atom stereocenters. The summed E-state index contributed by atoms with van der Waals surface area (Å²) < 4.78 is 5.83. The third kappa shape index (κ3) is 5.15. The normalized spacial score (nSPS) is 25.2. The van der Waals surface area contributed by atoms with Gasteiger partial charge in [0.25, 0.3) is 0 Å². The van der Waals surface area contributed by atoms with Crippen molar-refractivity contribution in [3.05, 3.63) is 35.9 Å². The third-order valence-corrected chi connectivity index (χ3v) is 4.93. The van der Waals surface area contributed by atoms with Gasteiger partial charge in [0.2, 0.25) is 0 Å². The highest BCUT2D eigenvalue weighted by molar-refractivity contribution is 5.69. The van der Waals surface area contributed by atoms with Gasteiger partial charge in [-0.05, 0) is 49.0 Å². The van der Waals surface area contributed by atoms with Crippen LogP contribution in [0.1, 0.15) is 58.4 Å². The van der Waals surface area contributed by atoms with Gasteiger partial charge in [-0.1, -0.05) is 57.5 Å². The lowest BCUT2D eigenvalue weighted by Gasteiger charge is -2.36. The van der Waals surface area contributed by atoms with E-state index in [4.69, 9.17) is 4.74 Å². The van der Waals surface area contributed by atoms with Crippen molar-refractivity contribution in [2.24, 2.45) is 17.8 Å². The lowest BCUT2D eigenvalue weighted by molar-refractivity contribution is -0.156. The zero-order valence-electron chi connectivity index (χ0n) is 14.3. The molecule has 0 aliphatic heterocycles. The van der Waals surface area contributed by atoms with Crippen LogP contribution in [0.5, 0.6) is 0 Å². The fourth-order valence-corrected chi connectivity index (χ4v) is 3.56. The van der Waals surface area contributed by atoms with Gasteiger partial charge in [0.1, 0.15) is 6.10 Å². The van der Waals surface area contributed by atoms with E-state index in [1.54, 1.807) is 0 Å². The summed E-state index contributed by atoms with van der Waals surface area (Å²) in [6.07, 6.45) is 5.99. The molecule has 1 aromatic carbocycles. The summed E-state index contributed by atoms with van der Waals surface area (Å²) in [6, 6.07) is 10.3. The van der Waals surface area contributed by atoms with Crippen LogP contribution < -0.4 is 0 Å². The number of carbonyl (C=O) groups is 1. The van der Waals surface area contributed by atoms with Gasteiger partial charge in [-0.15, -0.1) is 0 Å². The van der Waals surface area contributed by atoms with E-state index < -0.39 is 0 Å². The summed E-state index contributed by atoms with van der Waals surface area (Å²) in [4.78, 5) is 12.2. The number of hydrogen-bond donors (Lipinski definition) is 0. The minimum absolute atomic E-state index is 0.0133. The van der Waals surface area contributed by atoms with Crippen LogP contribution in [-0.4, -0.2) is 12.1 Å². The zero-order valence-corrected chi connectivity index (χ0v) is 14.3. The predicted octanol–water partition coefficient (Wildman–Crippen LogP) is 5.01. The first-order valence-corrected chi connectivity index (χ1v) is 8.79. The van der Waals surface area contributed by atoms with E-state index >= 15 is 0 Å². The van der Waals surface area contributed by atoms with Crippen molar-refractivity contribution in [3.8, 4) is 0 Å². The molecule has 0 bridgehead atoms. The Morgan fingerprint density at radius 3 is 2.64 bits per heavy atom. The van der Waals surface area contributed by atoms with Crippen LogP contribution in [0.3, 0.4) is 0 Å². The maximum atomic E-state index is 12.2. The quantitative estimate of drug-likeness (QED) is 0.690. The molecular weight excluding hydrogens is 272 g/mol. The molecule has 2 rings (SSSR count). The lowest BCUT2D eigenvalue weighted by Crippen LogP contribution is -2.35. The molecule has 1 aliphatic rings. The van der Waals surface area contributed by atoms with E-state index in [1.165, 1.54) is 18.4 Å². The smallest absolute Gasteiger partial charge is 0.306 e. The van der Waals surface area contributed by atoms with Crippen LogP contribution in [0, 0.1) is 17.8 Å². The number of rotatable bonds is 6. The molecule has 0 radical (unpaired) electrons. The minimum atomic E-state index is -0.0133. The summed E-state index contributed by atoms with van der Waals surface area (Å²) in [5.74, 6) is 1.79. The molecular formula is C20H30O2. The summed E-state index contributed by atoms with van der Waals surface area (Å²) in [5, 5.41) is 0. The van der Waals surface area contributed by atoms with E-state index in [2.05, 4.69) is 32.9 Å². The Kier molecular flexibility index (Phi) is 6.48. The average Bonchev–Trinajstić information content (AvgIpc) is 2.48. The van der Waals surface area contributed by atoms with Crippen molar-refractivity contribution in [1.29, 1.82) is 0 Å². The van der Waals surface area contributed by atoms with Gasteiger partial charge in [0.05, 0.1) is 0 Å². The van der Waals surface area contributed by atoms with Gasteiger partial charge in [-0.2, -0.15) is 0 Å². The largest absolute Gasteiger partial charge is 0.462 e. The summed E-state index contributed by atoms with van der Waals surface area (Å²) in [6.45, 7) is 6.76. The molecule has 2 heteroatoms. The van der Waals surface area contributed by atoms with Gasteiger partial charge >= 0.3 is 5.97 Å². The molecule has 22 heavy (non-hydrogen) atoms. The van der Waals surface area contributed by atoms with E-state index in [0.29, 0.717) is 24.2 Å². The number of benzene rings is 1. The van der Waals surface area contributed by atoms with Crippen molar-refractivity contribution >= 4 is 5.97 Å². The van der Waals surface area contributed by atoms with Gasteiger partial charge in [0, 0.05) is 6.42 Å². The maximum absolute atomic E-state index is 12.2. The first kappa shape index (κ1) is 17.1. The SMILES string of the molecule is CC(C)[C@@H]1CC[C@@H](C)C[C@H]1OC(=O)CCCc1ccccc1. The fourth-order valence-electron chi connectivity index (χ4n) is 3.56. The highest BCUT2D eigenvalue weighted by Crippen LogP contribution is 2.35. The molecule has 1 aromatic rings. The van der Waals surface area contributed by atoms with Crippen LogP contribution in [0.25, 0.3) is 0 Å². The van der Waals surface area contributed by atoms with E-state index in [1.807, 2.05) is 18.2 Å². The Hall–Kier alpha value is -1.31. The molecule has 1 fully saturated rings. The first-order chi connectivity index (χ1) is 10.6. The second-order valence-corrected chi connectivity index (χ2v) is 7.19. The number of esters is 1. The van der Waals surface area contributed by atoms with Gasteiger partial charge < -0.3 is 4.74 Å². The van der Waals surface area contributed by atoms with Crippen LogP contribution in [0.4, 0.5) is 0 Å². The number of hydrogen-bond acceptors (Lipinski definition) is 2. The third-order valence-electron chi connectivity index (χ3n) is 4.93. The molecule has 0 spiro atoms. The maximum Gasteiger partial charge on any atom is 0.306 e. The number of carbonyl (C=O) groups excluding carboxylic acids is 1. The van der Waals surface area contributed by atoms with Crippen molar-refractivity contribution in [2.45, 2.75) is 65.4 Å². The molecule has 2 nitrogen and oxygen atoms in total. The summed E-state index contributed by atoms with van der Waals surface area (Å²) in [7, 11) is 0. The molecule has 0 N–H and O–H groups in total. The molecule has 0 aromatic heterocycles. The average molecular weight is 302 g/mol. The van der Waals surface area contributed by atoms with Crippen molar-refractivity contribution in [2.75, 3.05) is 0 Å². The zero-order chi connectivity index (χ0) is 15.9. The molecule has 1 aliphatic carbocycles. The van der Waals surface area contributed by atoms with Crippen LogP contribution in [0.15, 0.2) is 30.3 Å². The Morgan fingerprint density at radius 1 is 1.23 bits per heavy atom. The molecule has 3 atom stereocenters. The Labute approximate surface area is 135 Å². The number of ether oxygens (including phenoxy) is 1. The number of aryl methyl sites for hydroxylation is 1. The Balaban J connectivity index is 1.77. The highest BCUT2D eigenvalue weighted by atomic mass is 16.5. The van der Waals surface area contributed by atoms with E-state index in [0.717, 1.165) is 19.3 Å². The van der Waals surface area contributed by atoms with Gasteiger partial charge in [-0.25, -0.2) is 0 Å². The van der Waals surface area contributed by atoms with Crippen molar-refractivity contribution in [3.63, 3.8) is 0 Å². The van der Waals surface area contributed by atoms with Crippen LogP contribution >= 0.6 is 0 Å². The fraction of sp³-hybridized carbons (Fsp3) is 0.650. The van der Waals surface area contributed by atoms with Crippen molar-refractivity contribution < 1.29 is 9.53 Å². The topological polar surface area (TPSA) is 26.3 Å². The molecule has 0 amide bonds. The van der Waals surface area contributed by atoms with Gasteiger partial charge in [0.15, 0.2) is 0 Å². The van der Waals surface area contributed by atoms with Crippen LogP contribution in [-0.2, 0) is 16.0 Å². The second kappa shape index (κ2) is 8.36. The molecule has 122 valence electrons. The van der Waals surface area contributed by atoms with E-state index in [-0.39, 0.29) is 12.1 Å². The molecule has 1 saturated carbocycles. The first-order valence-electron chi connectivity index (χ1n) is 8.79.